The lowest BCUT2D eigenvalue weighted by Gasteiger charge is -2.01. The first kappa shape index (κ1) is 11.0. The Morgan fingerprint density at radius 3 is 2.94 bits per heavy atom. The van der Waals surface area contributed by atoms with Gasteiger partial charge in [0, 0.05) is 18.3 Å². The summed E-state index contributed by atoms with van der Waals surface area (Å²) in [5, 5.41) is 11.1. The summed E-state index contributed by atoms with van der Waals surface area (Å²) in [6, 6.07) is 3.95. The Kier molecular flexibility index (Phi) is 2.41. The van der Waals surface area contributed by atoms with Gasteiger partial charge in [-0.2, -0.15) is 5.10 Å². The second kappa shape index (κ2) is 3.95. The smallest absolute Gasteiger partial charge is 0.279 e. The maximum absolute atomic E-state index is 11.7. The molecule has 0 saturated carbocycles. The third-order valence-corrected chi connectivity index (χ3v) is 3.66. The van der Waals surface area contributed by atoms with Crippen molar-refractivity contribution in [3.63, 3.8) is 0 Å². The number of rotatable bonds is 2. The van der Waals surface area contributed by atoms with E-state index in [9.17, 15) is 9.59 Å². The lowest BCUT2D eigenvalue weighted by Crippen LogP contribution is -2.16. The van der Waals surface area contributed by atoms with Gasteiger partial charge in [-0.05, 0) is 11.4 Å². The number of nitrogens with one attached hydrogen (secondary N) is 2. The molecule has 7 heteroatoms. The zero-order chi connectivity index (χ0) is 12.7. The summed E-state index contributed by atoms with van der Waals surface area (Å²) < 4.78 is 1.54. The molecule has 0 amide bonds. The molecule has 0 aliphatic carbocycles. The van der Waals surface area contributed by atoms with Crippen molar-refractivity contribution >= 4 is 22.2 Å². The van der Waals surface area contributed by atoms with Crippen LogP contribution in [0.2, 0.25) is 0 Å². The Balaban J connectivity index is 2.27. The van der Waals surface area contributed by atoms with Crippen molar-refractivity contribution in [2.24, 2.45) is 7.05 Å². The number of aromatic amines is 2. The van der Waals surface area contributed by atoms with Crippen molar-refractivity contribution in [3.05, 3.63) is 48.8 Å². The van der Waals surface area contributed by atoms with Crippen molar-refractivity contribution < 1.29 is 0 Å². The van der Waals surface area contributed by atoms with E-state index in [2.05, 4.69) is 15.3 Å². The molecule has 2 N–H and O–H groups in total. The Hall–Kier alpha value is -2.15. The van der Waals surface area contributed by atoms with Crippen LogP contribution in [0.25, 0.3) is 10.9 Å². The number of aryl methyl sites for hydroxylation is 1. The van der Waals surface area contributed by atoms with Crippen LogP contribution in [0.4, 0.5) is 0 Å². The summed E-state index contributed by atoms with van der Waals surface area (Å²) in [5.74, 6) is 0. The SMILES string of the molecule is Cn1[nH]c(=O)c2c(=O)[nH]nc(Cc3cccs3)c21. The highest BCUT2D eigenvalue weighted by atomic mass is 32.1. The molecule has 3 aromatic heterocycles. The summed E-state index contributed by atoms with van der Waals surface area (Å²) in [5.41, 5.74) is 0.412. The van der Waals surface area contributed by atoms with Gasteiger partial charge in [-0.15, -0.1) is 11.3 Å². The summed E-state index contributed by atoms with van der Waals surface area (Å²) >= 11 is 1.61. The number of H-pyrrole nitrogens is 2. The van der Waals surface area contributed by atoms with Gasteiger partial charge in [-0.25, -0.2) is 5.10 Å². The largest absolute Gasteiger partial charge is 0.285 e. The zero-order valence-electron chi connectivity index (χ0n) is 9.56. The third-order valence-electron chi connectivity index (χ3n) is 2.78. The van der Waals surface area contributed by atoms with Gasteiger partial charge in [-0.1, -0.05) is 6.07 Å². The van der Waals surface area contributed by atoms with E-state index >= 15 is 0 Å². The number of thiophene rings is 1. The second-order valence-electron chi connectivity index (χ2n) is 3.98. The Morgan fingerprint density at radius 1 is 1.39 bits per heavy atom. The molecule has 92 valence electrons. The van der Waals surface area contributed by atoms with Gasteiger partial charge >= 0.3 is 0 Å². The number of aromatic nitrogens is 4. The molecule has 6 nitrogen and oxygen atoms in total. The molecular formula is C11H10N4O2S. The number of hydrogen-bond acceptors (Lipinski definition) is 4. The van der Waals surface area contributed by atoms with Crippen molar-refractivity contribution in [3.8, 4) is 0 Å². The van der Waals surface area contributed by atoms with Crippen LogP contribution in [0.5, 0.6) is 0 Å². The van der Waals surface area contributed by atoms with E-state index in [1.807, 2.05) is 17.5 Å². The van der Waals surface area contributed by atoms with E-state index in [4.69, 9.17) is 0 Å². The molecular weight excluding hydrogens is 252 g/mol. The van der Waals surface area contributed by atoms with Crippen LogP contribution in [0, 0.1) is 0 Å². The van der Waals surface area contributed by atoms with Crippen molar-refractivity contribution in [2.45, 2.75) is 6.42 Å². The number of nitrogens with zero attached hydrogens (tertiary/aromatic N) is 2. The van der Waals surface area contributed by atoms with Crippen LogP contribution in [-0.4, -0.2) is 20.0 Å². The van der Waals surface area contributed by atoms with E-state index in [1.165, 1.54) is 0 Å². The molecule has 3 heterocycles. The predicted molar refractivity (Wildman–Crippen MR) is 69.1 cm³/mol. The van der Waals surface area contributed by atoms with Crippen molar-refractivity contribution in [2.75, 3.05) is 0 Å². The zero-order valence-corrected chi connectivity index (χ0v) is 10.4. The van der Waals surface area contributed by atoms with Gasteiger partial charge in [0.25, 0.3) is 11.1 Å². The van der Waals surface area contributed by atoms with E-state index < -0.39 is 5.56 Å². The molecule has 0 bridgehead atoms. The first-order chi connectivity index (χ1) is 8.66. The minimum atomic E-state index is -0.457. The van der Waals surface area contributed by atoms with Gasteiger partial charge in [0.05, 0.1) is 11.2 Å². The van der Waals surface area contributed by atoms with Crippen LogP contribution in [-0.2, 0) is 13.5 Å². The molecule has 0 fully saturated rings. The molecule has 0 aliphatic heterocycles. The fourth-order valence-corrected chi connectivity index (χ4v) is 2.73. The fourth-order valence-electron chi connectivity index (χ4n) is 2.02. The molecule has 0 atom stereocenters. The molecule has 0 spiro atoms. The van der Waals surface area contributed by atoms with Gasteiger partial charge < -0.3 is 0 Å². The first-order valence-corrected chi connectivity index (χ1v) is 6.23. The van der Waals surface area contributed by atoms with Crippen LogP contribution in [0.15, 0.2) is 27.1 Å². The van der Waals surface area contributed by atoms with Gasteiger partial charge in [-0.3, -0.25) is 19.4 Å². The lowest BCUT2D eigenvalue weighted by atomic mass is 10.2. The summed E-state index contributed by atoms with van der Waals surface area (Å²) in [4.78, 5) is 24.4. The first-order valence-electron chi connectivity index (χ1n) is 5.35. The van der Waals surface area contributed by atoms with Crippen LogP contribution >= 0.6 is 11.3 Å². The predicted octanol–water partition coefficient (Wildman–Crippen LogP) is 0.602. The van der Waals surface area contributed by atoms with Crippen molar-refractivity contribution in [1.29, 1.82) is 0 Å². The summed E-state index contributed by atoms with van der Waals surface area (Å²) in [7, 11) is 1.70. The van der Waals surface area contributed by atoms with Gasteiger partial charge in [0.2, 0.25) is 0 Å². The molecule has 0 aromatic carbocycles. The summed E-state index contributed by atoms with van der Waals surface area (Å²) in [6.07, 6.45) is 0.593. The Labute approximate surface area is 105 Å². The average molecular weight is 262 g/mol. The highest BCUT2D eigenvalue weighted by Crippen LogP contribution is 2.16. The third kappa shape index (κ3) is 1.60. The van der Waals surface area contributed by atoms with Gasteiger partial charge in [0.1, 0.15) is 5.39 Å². The Bertz CT molecular complexity index is 810. The monoisotopic (exact) mass is 262 g/mol. The van der Waals surface area contributed by atoms with Crippen LogP contribution in [0.1, 0.15) is 10.6 Å². The molecule has 3 rings (SSSR count). The average Bonchev–Trinajstić information content (AvgIpc) is 2.92. The fraction of sp³-hybridized carbons (Fsp3) is 0.182. The topological polar surface area (TPSA) is 83.5 Å². The minimum absolute atomic E-state index is 0.138. The van der Waals surface area contributed by atoms with E-state index in [0.29, 0.717) is 17.6 Å². The molecule has 0 saturated heterocycles. The highest BCUT2D eigenvalue weighted by molar-refractivity contribution is 7.09. The van der Waals surface area contributed by atoms with E-state index in [1.54, 1.807) is 23.1 Å². The molecule has 0 radical (unpaired) electrons. The molecule has 0 aliphatic rings. The normalized spacial score (nSPS) is 11.2. The van der Waals surface area contributed by atoms with Gasteiger partial charge in [0.15, 0.2) is 0 Å². The maximum Gasteiger partial charge on any atom is 0.279 e. The number of hydrogen-bond donors (Lipinski definition) is 2. The Morgan fingerprint density at radius 2 is 2.22 bits per heavy atom. The molecule has 0 unspecified atom stereocenters. The highest BCUT2D eigenvalue weighted by Gasteiger charge is 2.14. The molecule has 3 aromatic rings. The van der Waals surface area contributed by atoms with Crippen LogP contribution < -0.4 is 11.1 Å². The van der Waals surface area contributed by atoms with Crippen molar-refractivity contribution in [1.82, 2.24) is 20.0 Å². The second-order valence-corrected chi connectivity index (χ2v) is 5.01. The minimum Gasteiger partial charge on any atom is -0.285 e. The number of fused-ring (bicyclic) bond motifs is 1. The van der Waals surface area contributed by atoms with E-state index in [-0.39, 0.29) is 10.9 Å². The summed E-state index contributed by atoms with van der Waals surface area (Å²) in [6.45, 7) is 0. The standard InChI is InChI=1S/C11H10N4O2S/c1-15-9-7(5-6-3-2-4-18-6)12-13-10(16)8(9)11(17)14-15/h2-4H,5H2,1H3,(H,13,16)(H,14,17). The quantitative estimate of drug-likeness (QED) is 0.709. The van der Waals surface area contributed by atoms with E-state index in [0.717, 1.165) is 4.88 Å². The van der Waals surface area contributed by atoms with Crippen LogP contribution in [0.3, 0.4) is 0 Å². The lowest BCUT2D eigenvalue weighted by molar-refractivity contribution is 0.774. The molecule has 18 heavy (non-hydrogen) atoms. The maximum atomic E-state index is 11.7.